The summed E-state index contributed by atoms with van der Waals surface area (Å²) in [6.07, 6.45) is -4.32. The molecule has 28 heavy (non-hydrogen) atoms. The van der Waals surface area contributed by atoms with Crippen molar-refractivity contribution in [3.05, 3.63) is 55.3 Å². The molecule has 1 heterocycles. The first-order valence-electron chi connectivity index (χ1n) is 8.83. The van der Waals surface area contributed by atoms with Crippen LogP contribution in [0.3, 0.4) is 0 Å². The van der Waals surface area contributed by atoms with Crippen LogP contribution in [0.4, 0.5) is 18.9 Å². The normalized spacial score (nSPS) is 11.6. The molecule has 8 heteroatoms. The Bertz CT molecular complexity index is 888. The van der Waals surface area contributed by atoms with E-state index in [1.165, 1.54) is 6.92 Å². The summed E-state index contributed by atoms with van der Waals surface area (Å²) in [5.74, 6) is -0.565. The Morgan fingerprint density at radius 2 is 1.68 bits per heavy atom. The van der Waals surface area contributed by atoms with E-state index >= 15 is 0 Å². The molecule has 152 valence electrons. The summed E-state index contributed by atoms with van der Waals surface area (Å²) in [6, 6.07) is 3.82. The summed E-state index contributed by atoms with van der Waals surface area (Å²) in [6.45, 7) is 6.95. The van der Waals surface area contributed by atoms with Gasteiger partial charge in [-0.15, -0.1) is 0 Å². The van der Waals surface area contributed by atoms with E-state index in [1.807, 2.05) is 26.0 Å². The molecule has 0 unspecified atom stereocenters. The number of rotatable bonds is 5. The molecule has 1 amide bonds. The van der Waals surface area contributed by atoms with Gasteiger partial charge in [-0.3, -0.25) is 9.78 Å². The van der Waals surface area contributed by atoms with E-state index in [4.69, 9.17) is 11.6 Å². The minimum Gasteiger partial charge on any atom is -0.321 e. The molecule has 0 aliphatic rings. The number of alkyl halides is 3. The van der Waals surface area contributed by atoms with Crippen molar-refractivity contribution in [2.45, 2.75) is 53.1 Å². The van der Waals surface area contributed by atoms with Gasteiger partial charge in [-0.1, -0.05) is 41.4 Å². The third-order valence-corrected chi connectivity index (χ3v) is 5.36. The van der Waals surface area contributed by atoms with Gasteiger partial charge in [-0.2, -0.15) is 13.2 Å². The molecule has 0 aliphatic heterocycles. The van der Waals surface area contributed by atoms with Gasteiger partial charge < -0.3 is 5.32 Å². The molecule has 1 aromatic carbocycles. The monoisotopic (exact) mass is 476 g/mol. The van der Waals surface area contributed by atoms with Crippen molar-refractivity contribution in [1.29, 1.82) is 0 Å². The summed E-state index contributed by atoms with van der Waals surface area (Å²) >= 11 is 9.71. The van der Waals surface area contributed by atoms with E-state index in [-0.39, 0.29) is 21.8 Å². The third-order valence-electron chi connectivity index (χ3n) is 4.49. The molecule has 0 saturated heterocycles. The van der Waals surface area contributed by atoms with Crippen LogP contribution in [0.15, 0.2) is 16.6 Å². The molecule has 0 radical (unpaired) electrons. The summed E-state index contributed by atoms with van der Waals surface area (Å²) in [4.78, 5) is 17.1. The van der Waals surface area contributed by atoms with E-state index in [9.17, 15) is 18.0 Å². The fourth-order valence-corrected chi connectivity index (χ4v) is 4.11. The fraction of sp³-hybridized carbons (Fsp3) is 0.400. The van der Waals surface area contributed by atoms with Gasteiger partial charge in [0.05, 0.1) is 22.7 Å². The minimum atomic E-state index is -4.45. The molecule has 1 N–H and O–H groups in total. The Kier molecular flexibility index (Phi) is 7.15. The largest absolute Gasteiger partial charge is 0.393 e. The van der Waals surface area contributed by atoms with Gasteiger partial charge in [0.1, 0.15) is 0 Å². The molecule has 2 aromatic rings. The van der Waals surface area contributed by atoms with Gasteiger partial charge >= 0.3 is 6.18 Å². The summed E-state index contributed by atoms with van der Waals surface area (Å²) < 4.78 is 39.7. The van der Waals surface area contributed by atoms with E-state index in [0.717, 1.165) is 15.6 Å². The lowest BCUT2D eigenvalue weighted by molar-refractivity contribution is -0.127. The standard InChI is InChI=1S/C20H21BrClF3N2O/c1-5-12-7-14(21)8-13(6-2)18(12)27-19(28)16-11(4)26-10(3)15(17(16)22)9-20(23,24)25/h7-8H,5-6,9H2,1-4H3,(H,27,28). The van der Waals surface area contributed by atoms with Crippen molar-refractivity contribution in [3.8, 4) is 0 Å². The zero-order chi connectivity index (χ0) is 21.2. The number of benzene rings is 1. The van der Waals surface area contributed by atoms with E-state index in [1.54, 1.807) is 6.92 Å². The fourth-order valence-electron chi connectivity index (χ4n) is 3.13. The molecular weight excluding hydrogens is 457 g/mol. The maximum Gasteiger partial charge on any atom is 0.393 e. The number of halogens is 5. The second kappa shape index (κ2) is 8.82. The predicted octanol–water partition coefficient (Wildman–Crippen LogP) is 6.60. The average molecular weight is 478 g/mol. The van der Waals surface area contributed by atoms with Crippen LogP contribution in [0.1, 0.15) is 52.3 Å². The maximum atomic E-state index is 13.0. The summed E-state index contributed by atoms with van der Waals surface area (Å²) in [7, 11) is 0. The number of nitrogens with one attached hydrogen (secondary N) is 1. The highest BCUT2D eigenvalue weighted by atomic mass is 79.9. The number of anilines is 1. The highest BCUT2D eigenvalue weighted by Gasteiger charge is 2.32. The van der Waals surface area contributed by atoms with Crippen LogP contribution in [0.5, 0.6) is 0 Å². The van der Waals surface area contributed by atoms with Crippen molar-refractivity contribution in [2.24, 2.45) is 0 Å². The molecule has 3 nitrogen and oxygen atoms in total. The Labute approximate surface area is 175 Å². The van der Waals surface area contributed by atoms with Crippen LogP contribution in [0.25, 0.3) is 0 Å². The van der Waals surface area contributed by atoms with Crippen LogP contribution in [-0.2, 0) is 19.3 Å². The van der Waals surface area contributed by atoms with Gasteiger partial charge in [0.25, 0.3) is 5.91 Å². The van der Waals surface area contributed by atoms with E-state index < -0.39 is 18.5 Å². The molecule has 0 aliphatic carbocycles. The third kappa shape index (κ3) is 5.06. The number of nitrogens with zero attached hydrogens (tertiary/aromatic N) is 1. The van der Waals surface area contributed by atoms with Crippen molar-refractivity contribution in [1.82, 2.24) is 4.98 Å². The van der Waals surface area contributed by atoms with Crippen molar-refractivity contribution in [3.63, 3.8) is 0 Å². The average Bonchev–Trinajstić information content (AvgIpc) is 2.58. The van der Waals surface area contributed by atoms with Gasteiger partial charge in [0.15, 0.2) is 0 Å². The van der Waals surface area contributed by atoms with Gasteiger partial charge in [0.2, 0.25) is 0 Å². The van der Waals surface area contributed by atoms with Crippen molar-refractivity contribution >= 4 is 39.1 Å². The number of aromatic nitrogens is 1. The smallest absolute Gasteiger partial charge is 0.321 e. The topological polar surface area (TPSA) is 42.0 Å². The van der Waals surface area contributed by atoms with E-state index in [0.29, 0.717) is 24.2 Å². The second-order valence-electron chi connectivity index (χ2n) is 6.50. The lowest BCUT2D eigenvalue weighted by Crippen LogP contribution is -2.20. The number of carbonyl (C=O) groups excluding carboxylic acids is 1. The summed E-state index contributed by atoms with van der Waals surface area (Å²) in [5, 5.41) is 2.65. The van der Waals surface area contributed by atoms with Gasteiger partial charge in [-0.05, 0) is 49.9 Å². The van der Waals surface area contributed by atoms with Crippen LogP contribution in [0.2, 0.25) is 5.02 Å². The van der Waals surface area contributed by atoms with Crippen LogP contribution in [-0.4, -0.2) is 17.1 Å². The van der Waals surface area contributed by atoms with Crippen LogP contribution >= 0.6 is 27.5 Å². The molecular formula is C20H21BrClF3N2O. The molecule has 1 aromatic heterocycles. The second-order valence-corrected chi connectivity index (χ2v) is 7.80. The van der Waals surface area contributed by atoms with Gasteiger partial charge in [0, 0.05) is 21.4 Å². The molecule has 0 bridgehead atoms. The first-order valence-corrected chi connectivity index (χ1v) is 10.0. The number of aryl methyl sites for hydroxylation is 4. The zero-order valence-corrected chi connectivity index (χ0v) is 18.4. The van der Waals surface area contributed by atoms with E-state index in [2.05, 4.69) is 26.2 Å². The van der Waals surface area contributed by atoms with Gasteiger partial charge in [-0.25, -0.2) is 0 Å². The highest BCUT2D eigenvalue weighted by molar-refractivity contribution is 9.10. The number of pyridine rings is 1. The maximum absolute atomic E-state index is 13.0. The SMILES string of the molecule is CCc1cc(Br)cc(CC)c1NC(=O)c1c(C)nc(C)c(CC(F)(F)F)c1Cl. The molecule has 2 rings (SSSR count). The lowest BCUT2D eigenvalue weighted by Gasteiger charge is -2.19. The molecule has 0 fully saturated rings. The first-order chi connectivity index (χ1) is 13.0. The Morgan fingerprint density at radius 3 is 2.14 bits per heavy atom. The zero-order valence-electron chi connectivity index (χ0n) is 16.0. The number of carbonyl (C=O) groups is 1. The molecule has 0 atom stereocenters. The van der Waals surface area contributed by atoms with Crippen LogP contribution < -0.4 is 5.32 Å². The van der Waals surface area contributed by atoms with Crippen LogP contribution in [0, 0.1) is 13.8 Å². The Balaban J connectivity index is 2.53. The summed E-state index contributed by atoms with van der Waals surface area (Å²) in [5.41, 5.74) is 2.76. The van der Waals surface area contributed by atoms with Crippen molar-refractivity contribution < 1.29 is 18.0 Å². The number of amides is 1. The number of hydrogen-bond acceptors (Lipinski definition) is 2. The first kappa shape index (κ1) is 22.7. The Morgan fingerprint density at radius 1 is 1.14 bits per heavy atom. The number of hydrogen-bond donors (Lipinski definition) is 1. The minimum absolute atomic E-state index is 0.0291. The molecule has 0 spiro atoms. The molecule has 0 saturated carbocycles. The predicted molar refractivity (Wildman–Crippen MR) is 109 cm³/mol. The lowest BCUT2D eigenvalue weighted by atomic mass is 10.0. The van der Waals surface area contributed by atoms with Crippen molar-refractivity contribution in [2.75, 3.05) is 5.32 Å². The highest BCUT2D eigenvalue weighted by Crippen LogP contribution is 2.33. The quantitative estimate of drug-likeness (QED) is 0.527. The Hall–Kier alpha value is -1.60.